The standard InChI is InChI=1S/C4H7FO2/c1-2-6-4-7-3-5/h2H,1,3-4H2. The van der Waals surface area contributed by atoms with Gasteiger partial charge in [-0.1, -0.05) is 6.58 Å². The van der Waals surface area contributed by atoms with Crippen LogP contribution in [0.25, 0.3) is 0 Å². The van der Waals surface area contributed by atoms with Gasteiger partial charge in [0, 0.05) is 0 Å². The largest absolute Gasteiger partial charge is 0.476 e. The van der Waals surface area contributed by atoms with Gasteiger partial charge < -0.3 is 9.47 Å². The lowest BCUT2D eigenvalue weighted by Crippen LogP contribution is -1.91. The molecule has 0 amide bonds. The van der Waals surface area contributed by atoms with E-state index in [0.29, 0.717) is 0 Å². The predicted molar refractivity (Wildman–Crippen MR) is 23.2 cm³/mol. The first kappa shape index (κ1) is 6.43. The molecule has 0 rings (SSSR count). The molecule has 0 aromatic heterocycles. The van der Waals surface area contributed by atoms with Crippen molar-refractivity contribution in [3.05, 3.63) is 12.8 Å². The molecule has 0 fully saturated rings. The first-order valence-electron chi connectivity index (χ1n) is 1.78. The maximum atomic E-state index is 11.0. The molecule has 0 aromatic rings. The number of hydrogen-bond acceptors (Lipinski definition) is 2. The number of rotatable bonds is 4. The Morgan fingerprint density at radius 1 is 1.71 bits per heavy atom. The van der Waals surface area contributed by atoms with Crippen molar-refractivity contribution in [2.75, 3.05) is 13.7 Å². The molecular weight excluding hydrogens is 99.0 g/mol. The zero-order chi connectivity index (χ0) is 5.54. The first-order valence-corrected chi connectivity index (χ1v) is 1.78. The quantitative estimate of drug-likeness (QED) is 0.303. The van der Waals surface area contributed by atoms with Crippen molar-refractivity contribution in [2.45, 2.75) is 0 Å². The monoisotopic (exact) mass is 106 g/mol. The van der Waals surface area contributed by atoms with Gasteiger partial charge >= 0.3 is 0 Å². The van der Waals surface area contributed by atoms with Crippen molar-refractivity contribution in [3.8, 4) is 0 Å². The van der Waals surface area contributed by atoms with E-state index in [2.05, 4.69) is 16.1 Å². The predicted octanol–water partition coefficient (Wildman–Crippen LogP) is 1.05. The molecule has 0 aliphatic rings. The molecule has 0 saturated heterocycles. The lowest BCUT2D eigenvalue weighted by atomic mass is 11.1. The van der Waals surface area contributed by atoms with Crippen molar-refractivity contribution >= 4 is 0 Å². The van der Waals surface area contributed by atoms with Crippen LogP contribution in [0.1, 0.15) is 0 Å². The summed E-state index contributed by atoms with van der Waals surface area (Å²) in [5, 5.41) is 0. The summed E-state index contributed by atoms with van der Waals surface area (Å²) < 4.78 is 19.5. The SMILES string of the molecule is C=COCOCF. The molecule has 0 saturated carbocycles. The van der Waals surface area contributed by atoms with Gasteiger partial charge in [-0.3, -0.25) is 0 Å². The second-order valence-electron chi connectivity index (χ2n) is 0.764. The minimum Gasteiger partial charge on any atom is -0.476 e. The van der Waals surface area contributed by atoms with E-state index >= 15 is 0 Å². The highest BCUT2D eigenvalue weighted by Crippen LogP contribution is 1.76. The minimum atomic E-state index is -0.812. The fourth-order valence-electron chi connectivity index (χ4n) is 0.128. The Balaban J connectivity index is 2.56. The third-order valence-electron chi connectivity index (χ3n) is 0.346. The van der Waals surface area contributed by atoms with Gasteiger partial charge in [0.25, 0.3) is 0 Å². The molecule has 2 nitrogen and oxygen atoms in total. The smallest absolute Gasteiger partial charge is 0.192 e. The van der Waals surface area contributed by atoms with Crippen molar-refractivity contribution in [2.24, 2.45) is 0 Å². The summed E-state index contributed by atoms with van der Waals surface area (Å²) in [6.07, 6.45) is 1.19. The zero-order valence-corrected chi connectivity index (χ0v) is 3.89. The van der Waals surface area contributed by atoms with Crippen molar-refractivity contribution in [1.29, 1.82) is 0 Å². The second kappa shape index (κ2) is 5.43. The summed E-state index contributed by atoms with van der Waals surface area (Å²) in [4.78, 5) is 0. The number of ether oxygens (including phenoxy) is 2. The van der Waals surface area contributed by atoms with Crippen molar-refractivity contribution < 1.29 is 13.9 Å². The molecule has 42 valence electrons. The van der Waals surface area contributed by atoms with Crippen LogP contribution in [0, 0.1) is 0 Å². The second-order valence-corrected chi connectivity index (χ2v) is 0.764. The van der Waals surface area contributed by atoms with Crippen LogP contribution in [-0.4, -0.2) is 13.7 Å². The maximum absolute atomic E-state index is 11.0. The lowest BCUT2D eigenvalue weighted by molar-refractivity contribution is -0.0487. The highest BCUT2D eigenvalue weighted by molar-refractivity contribution is 4.44. The lowest BCUT2D eigenvalue weighted by Gasteiger charge is -1.94. The van der Waals surface area contributed by atoms with Crippen LogP contribution in [0.3, 0.4) is 0 Å². The van der Waals surface area contributed by atoms with E-state index in [-0.39, 0.29) is 6.79 Å². The summed E-state index contributed by atoms with van der Waals surface area (Å²) in [5.41, 5.74) is 0. The Kier molecular flexibility index (Phi) is 4.99. The summed E-state index contributed by atoms with van der Waals surface area (Å²) in [7, 11) is 0. The fraction of sp³-hybridized carbons (Fsp3) is 0.500. The molecule has 7 heavy (non-hydrogen) atoms. The summed E-state index contributed by atoms with van der Waals surface area (Å²) in [5.74, 6) is 0. The number of hydrogen-bond donors (Lipinski definition) is 0. The molecule has 0 unspecified atom stereocenters. The summed E-state index contributed by atoms with van der Waals surface area (Å²) >= 11 is 0. The van der Waals surface area contributed by atoms with Gasteiger partial charge in [0.1, 0.15) is 0 Å². The van der Waals surface area contributed by atoms with E-state index in [4.69, 9.17) is 0 Å². The maximum Gasteiger partial charge on any atom is 0.192 e. The van der Waals surface area contributed by atoms with Gasteiger partial charge in [-0.05, 0) is 0 Å². The number of halogens is 1. The Morgan fingerprint density at radius 2 is 2.43 bits per heavy atom. The summed E-state index contributed by atoms with van der Waals surface area (Å²) in [6.45, 7) is 2.34. The molecular formula is C4H7FO2. The molecule has 0 N–H and O–H groups in total. The Hall–Kier alpha value is -0.570. The Labute approximate surface area is 41.5 Å². The highest BCUT2D eigenvalue weighted by Gasteiger charge is 1.75. The molecule has 0 heterocycles. The van der Waals surface area contributed by atoms with Gasteiger partial charge in [0.15, 0.2) is 13.7 Å². The molecule has 0 radical (unpaired) electrons. The van der Waals surface area contributed by atoms with E-state index in [0.717, 1.165) is 0 Å². The van der Waals surface area contributed by atoms with Gasteiger partial charge in [0.2, 0.25) is 0 Å². The minimum absolute atomic E-state index is 0.0556. The van der Waals surface area contributed by atoms with Crippen LogP contribution in [0.5, 0.6) is 0 Å². The van der Waals surface area contributed by atoms with Crippen LogP contribution in [0.15, 0.2) is 12.8 Å². The fourth-order valence-corrected chi connectivity index (χ4v) is 0.128. The average Bonchev–Trinajstić information content (AvgIpc) is 1.69. The Bertz CT molecular complexity index is 47.0. The van der Waals surface area contributed by atoms with E-state index in [1.165, 1.54) is 6.26 Å². The molecule has 0 spiro atoms. The van der Waals surface area contributed by atoms with Crippen LogP contribution >= 0.6 is 0 Å². The van der Waals surface area contributed by atoms with Crippen LogP contribution in [0.4, 0.5) is 4.39 Å². The van der Waals surface area contributed by atoms with Crippen molar-refractivity contribution in [3.63, 3.8) is 0 Å². The number of alkyl halides is 1. The first-order chi connectivity index (χ1) is 3.41. The molecule has 0 atom stereocenters. The van der Waals surface area contributed by atoms with E-state index in [1.807, 2.05) is 0 Å². The van der Waals surface area contributed by atoms with Gasteiger partial charge in [0.05, 0.1) is 6.26 Å². The molecule has 0 aromatic carbocycles. The topological polar surface area (TPSA) is 18.5 Å². The molecule has 0 aliphatic carbocycles. The highest BCUT2D eigenvalue weighted by atomic mass is 19.1. The van der Waals surface area contributed by atoms with Gasteiger partial charge in [-0.15, -0.1) is 0 Å². The van der Waals surface area contributed by atoms with E-state index < -0.39 is 6.86 Å². The third-order valence-corrected chi connectivity index (χ3v) is 0.346. The van der Waals surface area contributed by atoms with Crippen LogP contribution in [0.2, 0.25) is 0 Å². The van der Waals surface area contributed by atoms with Crippen LogP contribution < -0.4 is 0 Å². The van der Waals surface area contributed by atoms with Gasteiger partial charge in [-0.25, -0.2) is 4.39 Å². The molecule has 3 heteroatoms. The molecule has 0 bridgehead atoms. The zero-order valence-electron chi connectivity index (χ0n) is 3.89. The average molecular weight is 106 g/mol. The van der Waals surface area contributed by atoms with Crippen molar-refractivity contribution in [1.82, 2.24) is 0 Å². The summed E-state index contributed by atoms with van der Waals surface area (Å²) in [6, 6.07) is 0. The van der Waals surface area contributed by atoms with E-state index in [1.54, 1.807) is 0 Å². The van der Waals surface area contributed by atoms with Crippen LogP contribution in [-0.2, 0) is 9.47 Å². The molecule has 0 aliphatic heterocycles. The normalized spacial score (nSPS) is 8.14. The third kappa shape index (κ3) is 5.43. The van der Waals surface area contributed by atoms with Gasteiger partial charge in [-0.2, -0.15) is 0 Å². The Morgan fingerprint density at radius 3 is 2.86 bits per heavy atom. The van der Waals surface area contributed by atoms with E-state index in [9.17, 15) is 4.39 Å².